The van der Waals surface area contributed by atoms with Crippen LogP contribution in [-0.2, 0) is 9.59 Å². The van der Waals surface area contributed by atoms with Gasteiger partial charge in [-0.05, 0) is 30.2 Å². The van der Waals surface area contributed by atoms with Crippen molar-refractivity contribution in [3.8, 4) is 11.5 Å². The number of carbonyl (C=O) groups is 2. The summed E-state index contributed by atoms with van der Waals surface area (Å²) in [6.07, 6.45) is 0.226. The first-order valence-electron chi connectivity index (χ1n) is 8.94. The fraction of sp³-hybridized carbons (Fsp3) is 0.333. The number of nitrogens with zero attached hydrogens (tertiary/aromatic N) is 1. The summed E-state index contributed by atoms with van der Waals surface area (Å²) in [5.74, 6) is 1.25. The molecular weight excluding hydrogens is 328 g/mol. The van der Waals surface area contributed by atoms with Crippen LogP contribution in [0, 0.1) is 11.8 Å². The molecule has 1 unspecified atom stereocenters. The minimum absolute atomic E-state index is 0.0567. The van der Waals surface area contributed by atoms with Crippen LogP contribution < -0.4 is 15.0 Å². The Hall–Kier alpha value is -2.82. The van der Waals surface area contributed by atoms with Crippen LogP contribution in [0.5, 0.6) is 11.5 Å². The van der Waals surface area contributed by atoms with Gasteiger partial charge >= 0.3 is 0 Å². The van der Waals surface area contributed by atoms with Crippen LogP contribution >= 0.6 is 0 Å². The molecule has 1 atom stereocenters. The van der Waals surface area contributed by atoms with E-state index in [1.165, 1.54) is 0 Å². The number of amides is 2. The van der Waals surface area contributed by atoms with Gasteiger partial charge in [-0.2, -0.15) is 0 Å². The first-order chi connectivity index (χ1) is 12.5. The topological polar surface area (TPSA) is 58.6 Å². The van der Waals surface area contributed by atoms with Gasteiger partial charge in [0.15, 0.2) is 5.75 Å². The Balaban J connectivity index is 1.75. The Morgan fingerprint density at radius 1 is 1.15 bits per heavy atom. The predicted molar refractivity (Wildman–Crippen MR) is 101 cm³/mol. The van der Waals surface area contributed by atoms with Crippen molar-refractivity contribution in [2.45, 2.75) is 20.3 Å². The second-order valence-electron chi connectivity index (χ2n) is 6.93. The molecule has 0 saturated carbocycles. The molecule has 0 aliphatic carbocycles. The van der Waals surface area contributed by atoms with E-state index < -0.39 is 0 Å². The maximum Gasteiger partial charge on any atom is 0.227 e. The van der Waals surface area contributed by atoms with E-state index in [0.717, 1.165) is 0 Å². The molecule has 1 N–H and O–H groups in total. The Morgan fingerprint density at radius 2 is 1.85 bits per heavy atom. The Bertz CT molecular complexity index is 774. The van der Waals surface area contributed by atoms with Gasteiger partial charge in [-0.1, -0.05) is 44.2 Å². The molecule has 2 aromatic carbocycles. The average Bonchev–Trinajstić information content (AvgIpc) is 3.03. The van der Waals surface area contributed by atoms with Gasteiger partial charge in [-0.15, -0.1) is 0 Å². The molecule has 1 aliphatic heterocycles. The smallest absolute Gasteiger partial charge is 0.227 e. The van der Waals surface area contributed by atoms with Crippen molar-refractivity contribution in [1.82, 2.24) is 5.32 Å². The Labute approximate surface area is 154 Å². The van der Waals surface area contributed by atoms with Crippen molar-refractivity contribution in [3.63, 3.8) is 0 Å². The number of para-hydroxylation sites is 3. The lowest BCUT2D eigenvalue weighted by molar-refractivity contribution is -0.126. The van der Waals surface area contributed by atoms with Gasteiger partial charge in [-0.25, -0.2) is 0 Å². The van der Waals surface area contributed by atoms with Crippen molar-refractivity contribution in [2.75, 3.05) is 18.0 Å². The van der Waals surface area contributed by atoms with Crippen LogP contribution in [0.25, 0.3) is 0 Å². The number of nitrogens with one attached hydrogen (secondary N) is 1. The van der Waals surface area contributed by atoms with Gasteiger partial charge in [0.25, 0.3) is 0 Å². The molecule has 5 nitrogen and oxygen atoms in total. The number of anilines is 1. The van der Waals surface area contributed by atoms with Gasteiger partial charge in [0.2, 0.25) is 11.8 Å². The highest BCUT2D eigenvalue weighted by Gasteiger charge is 2.36. The van der Waals surface area contributed by atoms with Crippen molar-refractivity contribution >= 4 is 17.5 Å². The fourth-order valence-electron chi connectivity index (χ4n) is 2.95. The van der Waals surface area contributed by atoms with Gasteiger partial charge in [0, 0.05) is 19.5 Å². The number of rotatable bonds is 6. The molecule has 5 heteroatoms. The number of hydrogen-bond acceptors (Lipinski definition) is 3. The van der Waals surface area contributed by atoms with Gasteiger partial charge in [0.1, 0.15) is 5.75 Å². The average molecular weight is 352 g/mol. The van der Waals surface area contributed by atoms with Gasteiger partial charge in [-0.3, -0.25) is 9.59 Å². The Kier molecular flexibility index (Phi) is 5.56. The SMILES string of the molecule is CC(C)CNC(=O)C1CC(=O)N(c2ccccc2Oc2ccccc2)C1. The van der Waals surface area contributed by atoms with Crippen LogP contribution in [-0.4, -0.2) is 24.9 Å². The van der Waals surface area contributed by atoms with E-state index in [2.05, 4.69) is 5.32 Å². The van der Waals surface area contributed by atoms with Crippen molar-refractivity contribution < 1.29 is 14.3 Å². The highest BCUT2D eigenvalue weighted by molar-refractivity contribution is 6.01. The molecule has 0 radical (unpaired) electrons. The van der Waals surface area contributed by atoms with E-state index in [0.29, 0.717) is 36.2 Å². The van der Waals surface area contributed by atoms with Gasteiger partial charge < -0.3 is 15.0 Å². The third kappa shape index (κ3) is 4.23. The molecule has 2 aromatic rings. The summed E-state index contributed by atoms with van der Waals surface area (Å²) < 4.78 is 5.95. The monoisotopic (exact) mass is 352 g/mol. The van der Waals surface area contributed by atoms with Gasteiger partial charge in [0.05, 0.1) is 11.6 Å². The number of hydrogen-bond donors (Lipinski definition) is 1. The lowest BCUT2D eigenvalue weighted by Crippen LogP contribution is -2.35. The minimum atomic E-state index is -0.328. The first kappa shape index (κ1) is 18.0. The summed E-state index contributed by atoms with van der Waals surface area (Å²) in [5, 5.41) is 2.92. The van der Waals surface area contributed by atoms with Crippen LogP contribution in [0.1, 0.15) is 20.3 Å². The summed E-state index contributed by atoms with van der Waals surface area (Å²) in [4.78, 5) is 26.5. The van der Waals surface area contributed by atoms with Crippen LogP contribution in [0.4, 0.5) is 5.69 Å². The zero-order valence-electron chi connectivity index (χ0n) is 15.1. The molecule has 0 bridgehead atoms. The second-order valence-corrected chi connectivity index (χ2v) is 6.93. The number of benzene rings is 2. The molecule has 0 spiro atoms. The lowest BCUT2D eigenvalue weighted by atomic mass is 10.1. The van der Waals surface area contributed by atoms with E-state index in [4.69, 9.17) is 4.74 Å². The highest BCUT2D eigenvalue weighted by atomic mass is 16.5. The molecule has 0 aromatic heterocycles. The largest absolute Gasteiger partial charge is 0.455 e. The molecule has 1 heterocycles. The predicted octanol–water partition coefficient (Wildman–Crippen LogP) is 3.60. The molecule has 1 fully saturated rings. The van der Waals surface area contributed by atoms with E-state index in [1.807, 2.05) is 68.4 Å². The molecule has 26 heavy (non-hydrogen) atoms. The quantitative estimate of drug-likeness (QED) is 0.864. The number of carbonyl (C=O) groups excluding carboxylic acids is 2. The molecular formula is C21H24N2O3. The normalized spacial score (nSPS) is 16.8. The Morgan fingerprint density at radius 3 is 2.58 bits per heavy atom. The zero-order chi connectivity index (χ0) is 18.5. The van der Waals surface area contributed by atoms with E-state index in [-0.39, 0.29) is 24.2 Å². The van der Waals surface area contributed by atoms with Crippen LogP contribution in [0.15, 0.2) is 54.6 Å². The summed E-state index contributed by atoms with van der Waals surface area (Å²) in [7, 11) is 0. The second kappa shape index (κ2) is 8.04. The maximum absolute atomic E-state index is 12.5. The molecule has 1 aliphatic rings. The summed E-state index contributed by atoms with van der Waals surface area (Å²) in [6, 6.07) is 16.9. The first-order valence-corrected chi connectivity index (χ1v) is 8.94. The summed E-state index contributed by atoms with van der Waals surface area (Å²) in [6.45, 7) is 5.09. The standard InChI is InChI=1S/C21H24N2O3/c1-15(2)13-22-21(25)16-12-20(24)23(14-16)18-10-6-7-11-19(18)26-17-8-4-3-5-9-17/h3-11,15-16H,12-14H2,1-2H3,(H,22,25). The van der Waals surface area contributed by atoms with E-state index >= 15 is 0 Å². The maximum atomic E-state index is 12.5. The van der Waals surface area contributed by atoms with E-state index in [9.17, 15) is 9.59 Å². The lowest BCUT2D eigenvalue weighted by Gasteiger charge is -2.20. The fourth-order valence-corrected chi connectivity index (χ4v) is 2.95. The van der Waals surface area contributed by atoms with E-state index in [1.54, 1.807) is 4.90 Å². The van der Waals surface area contributed by atoms with Crippen molar-refractivity contribution in [2.24, 2.45) is 11.8 Å². The molecule has 1 saturated heterocycles. The molecule has 3 rings (SSSR count). The zero-order valence-corrected chi connectivity index (χ0v) is 15.1. The van der Waals surface area contributed by atoms with Crippen molar-refractivity contribution in [1.29, 1.82) is 0 Å². The third-order valence-electron chi connectivity index (χ3n) is 4.31. The van der Waals surface area contributed by atoms with Crippen LogP contribution in [0.2, 0.25) is 0 Å². The summed E-state index contributed by atoms with van der Waals surface area (Å²) >= 11 is 0. The highest BCUT2D eigenvalue weighted by Crippen LogP contribution is 2.35. The molecule has 136 valence electrons. The van der Waals surface area contributed by atoms with Crippen molar-refractivity contribution in [3.05, 3.63) is 54.6 Å². The molecule has 2 amide bonds. The summed E-state index contributed by atoms with van der Waals surface area (Å²) in [5.41, 5.74) is 0.695. The van der Waals surface area contributed by atoms with Crippen LogP contribution in [0.3, 0.4) is 0 Å². The number of ether oxygens (including phenoxy) is 1. The third-order valence-corrected chi connectivity index (χ3v) is 4.31. The minimum Gasteiger partial charge on any atom is -0.455 e.